The van der Waals surface area contributed by atoms with Gasteiger partial charge in [-0.3, -0.25) is 0 Å². The van der Waals surface area contributed by atoms with Crippen LogP contribution in [-0.4, -0.2) is 45.2 Å². The lowest BCUT2D eigenvalue weighted by Gasteiger charge is -2.17. The zero-order valence-electron chi connectivity index (χ0n) is 11.1. The molecular weight excluding hydrogens is 212 g/mol. The summed E-state index contributed by atoms with van der Waals surface area (Å²) >= 11 is 0. The average Bonchev–Trinajstić information content (AvgIpc) is 2.70. The van der Waals surface area contributed by atoms with E-state index in [9.17, 15) is 0 Å². The van der Waals surface area contributed by atoms with Crippen LogP contribution in [0, 0.1) is 0 Å². The Hall–Kier alpha value is -1.22. The standard InChI is InChI=1S/C14H22N2O/c1-4-16-8-7-12-5-6-13(11-14(12)16)17-10-9-15(2)3/h5-6,11H,4,7-10H2,1-3H3. The Morgan fingerprint density at radius 2 is 2.18 bits per heavy atom. The number of benzene rings is 1. The lowest BCUT2D eigenvalue weighted by molar-refractivity contribution is 0.261. The fourth-order valence-electron chi connectivity index (χ4n) is 2.19. The Labute approximate surface area is 104 Å². The van der Waals surface area contributed by atoms with Crippen molar-refractivity contribution in [3.8, 4) is 5.75 Å². The molecule has 1 aromatic carbocycles. The summed E-state index contributed by atoms with van der Waals surface area (Å²) in [6.45, 7) is 6.13. The predicted molar refractivity (Wildman–Crippen MR) is 72.1 cm³/mol. The molecule has 0 spiro atoms. The molecule has 0 saturated carbocycles. The van der Waals surface area contributed by atoms with Gasteiger partial charge in [-0.1, -0.05) is 6.07 Å². The van der Waals surface area contributed by atoms with Gasteiger partial charge in [0.25, 0.3) is 0 Å². The predicted octanol–water partition coefficient (Wildman–Crippen LogP) is 2.01. The molecule has 0 saturated heterocycles. The average molecular weight is 234 g/mol. The second-order valence-corrected chi connectivity index (χ2v) is 4.77. The van der Waals surface area contributed by atoms with Gasteiger partial charge in [0.2, 0.25) is 0 Å². The molecule has 94 valence electrons. The number of ether oxygens (including phenoxy) is 1. The molecule has 0 N–H and O–H groups in total. The number of likely N-dealkylation sites (N-methyl/N-ethyl adjacent to an activating group) is 2. The normalized spacial score (nSPS) is 14.2. The minimum atomic E-state index is 0.748. The number of hydrogen-bond acceptors (Lipinski definition) is 3. The van der Waals surface area contributed by atoms with E-state index in [1.807, 2.05) is 0 Å². The monoisotopic (exact) mass is 234 g/mol. The van der Waals surface area contributed by atoms with E-state index in [0.717, 1.165) is 32.0 Å². The first-order chi connectivity index (χ1) is 8.20. The molecule has 3 nitrogen and oxygen atoms in total. The van der Waals surface area contributed by atoms with Gasteiger partial charge < -0.3 is 14.5 Å². The van der Waals surface area contributed by atoms with Crippen molar-refractivity contribution in [2.75, 3.05) is 45.2 Å². The molecule has 1 aliphatic heterocycles. The van der Waals surface area contributed by atoms with E-state index in [1.165, 1.54) is 17.7 Å². The second kappa shape index (κ2) is 5.41. The molecule has 0 unspecified atom stereocenters. The van der Waals surface area contributed by atoms with E-state index >= 15 is 0 Å². The van der Waals surface area contributed by atoms with E-state index < -0.39 is 0 Å². The van der Waals surface area contributed by atoms with Crippen molar-refractivity contribution in [2.45, 2.75) is 13.3 Å². The maximum atomic E-state index is 5.77. The van der Waals surface area contributed by atoms with Crippen molar-refractivity contribution in [3.05, 3.63) is 23.8 Å². The third-order valence-electron chi connectivity index (χ3n) is 3.24. The fraction of sp³-hybridized carbons (Fsp3) is 0.571. The summed E-state index contributed by atoms with van der Waals surface area (Å²) in [6, 6.07) is 6.48. The first-order valence-electron chi connectivity index (χ1n) is 6.36. The number of anilines is 1. The summed E-state index contributed by atoms with van der Waals surface area (Å²) in [5.74, 6) is 0.992. The largest absolute Gasteiger partial charge is 0.492 e. The van der Waals surface area contributed by atoms with Crippen LogP contribution in [0.1, 0.15) is 12.5 Å². The van der Waals surface area contributed by atoms with Crippen LogP contribution in [0.5, 0.6) is 5.75 Å². The Kier molecular flexibility index (Phi) is 3.89. The van der Waals surface area contributed by atoms with E-state index in [0.29, 0.717) is 0 Å². The highest BCUT2D eigenvalue weighted by Gasteiger charge is 2.17. The van der Waals surface area contributed by atoms with E-state index in [4.69, 9.17) is 4.74 Å². The molecule has 0 aromatic heterocycles. The molecule has 0 bridgehead atoms. The summed E-state index contributed by atoms with van der Waals surface area (Å²) in [5, 5.41) is 0. The van der Waals surface area contributed by atoms with E-state index in [-0.39, 0.29) is 0 Å². The molecule has 0 aliphatic carbocycles. The summed E-state index contributed by atoms with van der Waals surface area (Å²) in [4.78, 5) is 4.54. The number of hydrogen-bond donors (Lipinski definition) is 0. The van der Waals surface area contributed by atoms with Gasteiger partial charge in [0.05, 0.1) is 0 Å². The molecule has 0 amide bonds. The van der Waals surface area contributed by atoms with Gasteiger partial charge in [-0.2, -0.15) is 0 Å². The second-order valence-electron chi connectivity index (χ2n) is 4.77. The summed E-state index contributed by atoms with van der Waals surface area (Å²) in [6.07, 6.45) is 1.17. The summed E-state index contributed by atoms with van der Waals surface area (Å²) < 4.78 is 5.77. The summed E-state index contributed by atoms with van der Waals surface area (Å²) in [7, 11) is 4.12. The summed E-state index contributed by atoms with van der Waals surface area (Å²) in [5.41, 5.74) is 2.81. The van der Waals surface area contributed by atoms with Gasteiger partial charge in [-0.05, 0) is 39.1 Å². The molecule has 1 aliphatic rings. The van der Waals surface area contributed by atoms with Crippen LogP contribution >= 0.6 is 0 Å². The first-order valence-corrected chi connectivity index (χ1v) is 6.36. The topological polar surface area (TPSA) is 15.7 Å². The molecular formula is C14H22N2O. The zero-order valence-corrected chi connectivity index (χ0v) is 11.1. The van der Waals surface area contributed by atoms with Crippen LogP contribution in [0.15, 0.2) is 18.2 Å². The minimum Gasteiger partial charge on any atom is -0.492 e. The smallest absolute Gasteiger partial charge is 0.121 e. The molecule has 17 heavy (non-hydrogen) atoms. The van der Waals surface area contributed by atoms with Crippen molar-refractivity contribution in [1.29, 1.82) is 0 Å². The molecule has 2 rings (SSSR count). The van der Waals surface area contributed by atoms with Crippen LogP contribution in [0.25, 0.3) is 0 Å². The van der Waals surface area contributed by atoms with Crippen molar-refractivity contribution >= 4 is 5.69 Å². The lowest BCUT2D eigenvalue weighted by atomic mass is 10.1. The number of nitrogens with zero attached hydrogens (tertiary/aromatic N) is 2. The zero-order chi connectivity index (χ0) is 12.3. The van der Waals surface area contributed by atoms with Gasteiger partial charge in [-0.25, -0.2) is 0 Å². The number of rotatable bonds is 5. The maximum absolute atomic E-state index is 5.77. The van der Waals surface area contributed by atoms with Crippen molar-refractivity contribution in [1.82, 2.24) is 4.90 Å². The van der Waals surface area contributed by atoms with Crippen LogP contribution in [0.4, 0.5) is 5.69 Å². The van der Waals surface area contributed by atoms with Crippen molar-refractivity contribution < 1.29 is 4.74 Å². The molecule has 3 heteroatoms. The third-order valence-corrected chi connectivity index (χ3v) is 3.24. The van der Waals surface area contributed by atoms with Gasteiger partial charge in [0.15, 0.2) is 0 Å². The van der Waals surface area contributed by atoms with Crippen LogP contribution in [0.2, 0.25) is 0 Å². The van der Waals surface area contributed by atoms with Gasteiger partial charge in [-0.15, -0.1) is 0 Å². The van der Waals surface area contributed by atoms with Crippen LogP contribution in [0.3, 0.4) is 0 Å². The fourth-order valence-corrected chi connectivity index (χ4v) is 2.19. The highest BCUT2D eigenvalue weighted by atomic mass is 16.5. The highest BCUT2D eigenvalue weighted by molar-refractivity contribution is 5.60. The van der Waals surface area contributed by atoms with Crippen molar-refractivity contribution in [2.24, 2.45) is 0 Å². The third kappa shape index (κ3) is 2.91. The highest BCUT2D eigenvalue weighted by Crippen LogP contribution is 2.31. The Bertz CT molecular complexity index is 376. The lowest BCUT2D eigenvalue weighted by Crippen LogP contribution is -2.20. The van der Waals surface area contributed by atoms with Crippen LogP contribution in [-0.2, 0) is 6.42 Å². The SMILES string of the molecule is CCN1CCc2ccc(OCCN(C)C)cc21. The molecule has 0 radical (unpaired) electrons. The van der Waals surface area contributed by atoms with E-state index in [2.05, 4.69) is 49.0 Å². The molecule has 1 heterocycles. The Morgan fingerprint density at radius 1 is 1.35 bits per heavy atom. The van der Waals surface area contributed by atoms with Gasteiger partial charge in [0, 0.05) is 31.4 Å². The van der Waals surface area contributed by atoms with Gasteiger partial charge in [0.1, 0.15) is 12.4 Å². The number of fused-ring (bicyclic) bond motifs is 1. The quantitative estimate of drug-likeness (QED) is 0.775. The molecule has 1 aromatic rings. The van der Waals surface area contributed by atoms with Crippen LogP contribution < -0.4 is 9.64 Å². The van der Waals surface area contributed by atoms with Gasteiger partial charge >= 0.3 is 0 Å². The van der Waals surface area contributed by atoms with E-state index in [1.54, 1.807) is 0 Å². The molecule has 0 fully saturated rings. The first kappa shape index (κ1) is 12.2. The Morgan fingerprint density at radius 3 is 2.88 bits per heavy atom. The molecule has 0 atom stereocenters. The Balaban J connectivity index is 2.01. The minimum absolute atomic E-state index is 0.748. The van der Waals surface area contributed by atoms with Crippen molar-refractivity contribution in [3.63, 3.8) is 0 Å². The maximum Gasteiger partial charge on any atom is 0.121 e.